The second kappa shape index (κ2) is 7.23. The summed E-state index contributed by atoms with van der Waals surface area (Å²) in [5, 5.41) is 30.2. The molecule has 1 atom stereocenters. The Balaban J connectivity index is 2.07. The van der Waals surface area contributed by atoms with E-state index in [0.717, 1.165) is 5.57 Å². The van der Waals surface area contributed by atoms with E-state index in [4.69, 9.17) is 9.47 Å². The van der Waals surface area contributed by atoms with Crippen LogP contribution in [0.1, 0.15) is 47.9 Å². The molecule has 3 rings (SSSR count). The number of rotatable bonds is 4. The average molecular weight is 370 g/mol. The predicted molar refractivity (Wildman–Crippen MR) is 99.9 cm³/mol. The highest BCUT2D eigenvalue weighted by atomic mass is 16.5. The highest BCUT2D eigenvalue weighted by Crippen LogP contribution is 2.46. The van der Waals surface area contributed by atoms with Gasteiger partial charge in [-0.2, -0.15) is 0 Å². The molecule has 0 aromatic heterocycles. The number of ketones is 1. The van der Waals surface area contributed by atoms with Gasteiger partial charge < -0.3 is 24.8 Å². The topological polar surface area (TPSA) is 96.2 Å². The fourth-order valence-corrected chi connectivity index (χ4v) is 3.11. The van der Waals surface area contributed by atoms with Gasteiger partial charge in [0.05, 0.1) is 13.5 Å². The van der Waals surface area contributed by atoms with Crippen LogP contribution in [-0.4, -0.2) is 28.2 Å². The number of aromatic hydroxyl groups is 3. The van der Waals surface area contributed by atoms with Crippen molar-refractivity contribution in [2.45, 2.75) is 32.8 Å². The number of allylic oxidation sites excluding steroid dienone is 2. The van der Waals surface area contributed by atoms with Gasteiger partial charge in [-0.05, 0) is 38.0 Å². The van der Waals surface area contributed by atoms with Crippen LogP contribution < -0.4 is 9.47 Å². The number of phenolic OH excluding ortho intramolecular Hbond substituents is 3. The van der Waals surface area contributed by atoms with Crippen molar-refractivity contribution >= 4 is 5.78 Å². The largest absolute Gasteiger partial charge is 0.507 e. The summed E-state index contributed by atoms with van der Waals surface area (Å²) in [4.78, 5) is 12.7. The van der Waals surface area contributed by atoms with Gasteiger partial charge >= 0.3 is 0 Å². The van der Waals surface area contributed by atoms with Gasteiger partial charge in [0.25, 0.3) is 0 Å². The molecule has 6 heteroatoms. The SMILES string of the molecule is COc1cc([C@@H]2CC(=O)c3c(O)cc(O)c(CC=C(C)C)c3O2)ccc1O. The van der Waals surface area contributed by atoms with Crippen molar-refractivity contribution in [2.24, 2.45) is 0 Å². The molecular weight excluding hydrogens is 348 g/mol. The van der Waals surface area contributed by atoms with Gasteiger partial charge in [0.2, 0.25) is 0 Å². The van der Waals surface area contributed by atoms with Gasteiger partial charge in [-0.25, -0.2) is 0 Å². The Bertz CT molecular complexity index is 925. The van der Waals surface area contributed by atoms with Gasteiger partial charge in [0.15, 0.2) is 17.3 Å². The molecule has 2 aromatic carbocycles. The van der Waals surface area contributed by atoms with E-state index in [0.29, 0.717) is 17.5 Å². The number of benzene rings is 2. The molecule has 0 radical (unpaired) electrons. The molecule has 0 saturated carbocycles. The van der Waals surface area contributed by atoms with E-state index in [1.54, 1.807) is 12.1 Å². The number of hydrogen-bond donors (Lipinski definition) is 3. The molecule has 0 amide bonds. The number of carbonyl (C=O) groups is 1. The summed E-state index contributed by atoms with van der Waals surface area (Å²) < 4.78 is 11.2. The normalized spacial score (nSPS) is 15.7. The maximum Gasteiger partial charge on any atom is 0.174 e. The first-order valence-corrected chi connectivity index (χ1v) is 8.59. The molecule has 0 aliphatic carbocycles. The van der Waals surface area contributed by atoms with Crippen LogP contribution in [0.2, 0.25) is 0 Å². The third-order valence-corrected chi connectivity index (χ3v) is 4.54. The summed E-state index contributed by atoms with van der Waals surface area (Å²) in [6.07, 6.45) is 1.69. The van der Waals surface area contributed by atoms with Gasteiger partial charge in [0.1, 0.15) is 28.9 Å². The minimum Gasteiger partial charge on any atom is -0.507 e. The molecule has 1 aliphatic rings. The van der Waals surface area contributed by atoms with Gasteiger partial charge in [-0.3, -0.25) is 4.79 Å². The monoisotopic (exact) mass is 370 g/mol. The van der Waals surface area contributed by atoms with Crippen LogP contribution in [0.5, 0.6) is 28.7 Å². The Morgan fingerprint density at radius 3 is 2.59 bits per heavy atom. The number of Topliss-reactive ketones (excluding diaryl/α,β-unsaturated/α-hetero) is 1. The molecule has 0 fully saturated rings. The zero-order valence-electron chi connectivity index (χ0n) is 15.4. The predicted octanol–water partition coefficient (Wildman–Crippen LogP) is 4.03. The van der Waals surface area contributed by atoms with Crippen LogP contribution >= 0.6 is 0 Å². The van der Waals surface area contributed by atoms with Crippen LogP contribution in [0.3, 0.4) is 0 Å². The van der Waals surface area contributed by atoms with Crippen molar-refractivity contribution in [1.82, 2.24) is 0 Å². The van der Waals surface area contributed by atoms with Crippen molar-refractivity contribution < 1.29 is 29.6 Å². The van der Waals surface area contributed by atoms with E-state index in [2.05, 4.69) is 0 Å². The quantitative estimate of drug-likeness (QED) is 0.703. The molecule has 3 N–H and O–H groups in total. The third-order valence-electron chi connectivity index (χ3n) is 4.54. The summed E-state index contributed by atoms with van der Waals surface area (Å²) in [5.41, 5.74) is 2.25. The van der Waals surface area contributed by atoms with E-state index < -0.39 is 6.10 Å². The zero-order valence-corrected chi connectivity index (χ0v) is 15.4. The van der Waals surface area contributed by atoms with Crippen molar-refractivity contribution in [3.63, 3.8) is 0 Å². The minimum absolute atomic E-state index is 0.0108. The summed E-state index contributed by atoms with van der Waals surface area (Å²) in [5.74, 6) is -0.237. The Morgan fingerprint density at radius 2 is 1.93 bits per heavy atom. The second-order valence-corrected chi connectivity index (χ2v) is 6.75. The lowest BCUT2D eigenvalue weighted by Gasteiger charge is -2.28. The molecule has 6 nitrogen and oxygen atoms in total. The Morgan fingerprint density at radius 1 is 1.19 bits per heavy atom. The first-order chi connectivity index (χ1) is 12.8. The van der Waals surface area contributed by atoms with Crippen LogP contribution in [0.25, 0.3) is 0 Å². The van der Waals surface area contributed by atoms with Crippen LogP contribution in [0, 0.1) is 0 Å². The van der Waals surface area contributed by atoms with Crippen molar-refractivity contribution in [3.05, 3.63) is 52.6 Å². The van der Waals surface area contributed by atoms with E-state index in [1.165, 1.54) is 19.2 Å². The van der Waals surface area contributed by atoms with E-state index in [1.807, 2.05) is 19.9 Å². The molecular formula is C21H22O6. The van der Waals surface area contributed by atoms with E-state index in [-0.39, 0.29) is 46.5 Å². The van der Waals surface area contributed by atoms with Crippen molar-refractivity contribution in [3.8, 4) is 28.7 Å². The Hall–Kier alpha value is -3.15. The third kappa shape index (κ3) is 3.56. The standard InChI is InChI=1S/C21H22O6/c1-11(2)4-6-13-15(23)9-16(24)20-17(25)10-18(27-21(13)20)12-5-7-14(22)19(8-12)26-3/h4-5,7-9,18,22-24H,6,10H2,1-3H3/t18-/m0/s1. The molecule has 0 saturated heterocycles. The van der Waals surface area contributed by atoms with Crippen molar-refractivity contribution in [2.75, 3.05) is 7.11 Å². The summed E-state index contributed by atoms with van der Waals surface area (Å²) in [6.45, 7) is 3.86. The maximum absolute atomic E-state index is 12.7. The lowest BCUT2D eigenvalue weighted by Crippen LogP contribution is -2.21. The number of fused-ring (bicyclic) bond motifs is 1. The number of phenols is 3. The molecule has 2 aromatic rings. The van der Waals surface area contributed by atoms with Gasteiger partial charge in [-0.15, -0.1) is 0 Å². The van der Waals surface area contributed by atoms with Crippen LogP contribution in [-0.2, 0) is 6.42 Å². The molecule has 0 unspecified atom stereocenters. The van der Waals surface area contributed by atoms with E-state index >= 15 is 0 Å². The molecule has 27 heavy (non-hydrogen) atoms. The number of carbonyl (C=O) groups excluding carboxylic acids is 1. The first-order valence-electron chi connectivity index (χ1n) is 8.59. The fraction of sp³-hybridized carbons (Fsp3) is 0.286. The van der Waals surface area contributed by atoms with Gasteiger partial charge in [-0.1, -0.05) is 17.7 Å². The van der Waals surface area contributed by atoms with E-state index in [9.17, 15) is 20.1 Å². The lowest BCUT2D eigenvalue weighted by atomic mass is 9.92. The number of ether oxygens (including phenoxy) is 2. The zero-order chi connectivity index (χ0) is 19.7. The molecule has 1 heterocycles. The molecule has 1 aliphatic heterocycles. The maximum atomic E-state index is 12.7. The van der Waals surface area contributed by atoms with Crippen LogP contribution in [0.4, 0.5) is 0 Å². The number of methoxy groups -OCH3 is 1. The number of hydrogen-bond acceptors (Lipinski definition) is 6. The highest BCUT2D eigenvalue weighted by molar-refractivity contribution is 6.03. The second-order valence-electron chi connectivity index (χ2n) is 6.75. The van der Waals surface area contributed by atoms with Crippen molar-refractivity contribution in [1.29, 1.82) is 0 Å². The van der Waals surface area contributed by atoms with Crippen LogP contribution in [0.15, 0.2) is 35.9 Å². The lowest BCUT2D eigenvalue weighted by molar-refractivity contribution is 0.0842. The average Bonchev–Trinajstić information content (AvgIpc) is 2.60. The van der Waals surface area contributed by atoms with Gasteiger partial charge in [0, 0.05) is 11.6 Å². The smallest absolute Gasteiger partial charge is 0.174 e. The fourth-order valence-electron chi connectivity index (χ4n) is 3.11. The summed E-state index contributed by atoms with van der Waals surface area (Å²) in [7, 11) is 1.44. The highest BCUT2D eigenvalue weighted by Gasteiger charge is 2.33. The Kier molecular flexibility index (Phi) is 4.99. The molecule has 0 bridgehead atoms. The molecule has 0 spiro atoms. The Labute approximate surface area is 157 Å². The minimum atomic E-state index is -0.619. The summed E-state index contributed by atoms with van der Waals surface area (Å²) in [6, 6.07) is 5.91. The molecule has 142 valence electrons. The summed E-state index contributed by atoms with van der Waals surface area (Å²) >= 11 is 0. The first kappa shape index (κ1) is 18.6.